The molecule has 1 heterocycles. The maximum atomic E-state index is 12.5. The molecule has 1 aromatic carbocycles. The fourth-order valence-electron chi connectivity index (χ4n) is 2.88. The van der Waals surface area contributed by atoms with E-state index in [1.807, 2.05) is 30.3 Å². The van der Waals surface area contributed by atoms with Crippen molar-refractivity contribution in [2.75, 3.05) is 5.32 Å². The SMILES string of the molecule is Cl.Cl.NC1CCCC(C(=O)Nc2cnccc2Oc2ccccc2)C1. The molecule has 2 aromatic rings. The van der Waals surface area contributed by atoms with Crippen LogP contribution in [0.4, 0.5) is 5.69 Å². The molecule has 1 amide bonds. The number of halogens is 2. The maximum Gasteiger partial charge on any atom is 0.227 e. The van der Waals surface area contributed by atoms with Gasteiger partial charge in [0.1, 0.15) is 11.4 Å². The lowest BCUT2D eigenvalue weighted by Gasteiger charge is -2.25. The zero-order valence-electron chi connectivity index (χ0n) is 13.8. The molecule has 136 valence electrons. The minimum Gasteiger partial charge on any atom is -0.455 e. The Balaban J connectivity index is 0.00000156. The van der Waals surface area contributed by atoms with E-state index in [1.165, 1.54) is 0 Å². The molecule has 1 fully saturated rings. The van der Waals surface area contributed by atoms with E-state index in [0.29, 0.717) is 17.2 Å². The third kappa shape index (κ3) is 5.88. The fraction of sp³-hybridized carbons (Fsp3) is 0.333. The zero-order valence-corrected chi connectivity index (χ0v) is 15.4. The van der Waals surface area contributed by atoms with Crippen molar-refractivity contribution in [2.45, 2.75) is 31.7 Å². The molecule has 25 heavy (non-hydrogen) atoms. The molecule has 3 rings (SSSR count). The van der Waals surface area contributed by atoms with Crippen molar-refractivity contribution in [3.63, 3.8) is 0 Å². The van der Waals surface area contributed by atoms with Gasteiger partial charge in [0, 0.05) is 24.2 Å². The van der Waals surface area contributed by atoms with Crippen molar-refractivity contribution < 1.29 is 9.53 Å². The lowest BCUT2D eigenvalue weighted by Crippen LogP contribution is -2.34. The van der Waals surface area contributed by atoms with Crippen LogP contribution in [0.2, 0.25) is 0 Å². The molecular formula is C18H23Cl2N3O2. The minimum absolute atomic E-state index is 0. The molecule has 1 saturated carbocycles. The van der Waals surface area contributed by atoms with Crippen LogP contribution in [0.15, 0.2) is 48.8 Å². The number of nitrogens with zero attached hydrogens (tertiary/aromatic N) is 1. The molecule has 2 unspecified atom stereocenters. The third-order valence-electron chi connectivity index (χ3n) is 4.10. The second-order valence-electron chi connectivity index (χ2n) is 5.90. The number of anilines is 1. The maximum absolute atomic E-state index is 12.5. The van der Waals surface area contributed by atoms with Gasteiger partial charge in [0.15, 0.2) is 5.75 Å². The first-order chi connectivity index (χ1) is 11.2. The van der Waals surface area contributed by atoms with Gasteiger partial charge in [0.2, 0.25) is 5.91 Å². The Hall–Kier alpha value is -1.82. The van der Waals surface area contributed by atoms with Crippen LogP contribution in [0.25, 0.3) is 0 Å². The Labute approximate surface area is 160 Å². The molecule has 1 aromatic heterocycles. The number of nitrogens with two attached hydrogens (primary N) is 1. The number of carbonyl (C=O) groups excluding carboxylic acids is 1. The van der Waals surface area contributed by atoms with Crippen molar-refractivity contribution in [3.8, 4) is 11.5 Å². The number of carbonyl (C=O) groups is 1. The van der Waals surface area contributed by atoms with E-state index in [-0.39, 0.29) is 42.7 Å². The number of hydrogen-bond acceptors (Lipinski definition) is 4. The standard InChI is InChI=1S/C18H21N3O2.2ClH/c19-14-6-4-5-13(11-14)18(22)21-16-12-20-10-9-17(16)23-15-7-2-1-3-8-15;;/h1-3,7-10,12-14H,4-6,11,19H2,(H,21,22);2*1H. The quantitative estimate of drug-likeness (QED) is 0.829. The summed E-state index contributed by atoms with van der Waals surface area (Å²) in [6, 6.07) is 11.3. The number of aromatic nitrogens is 1. The van der Waals surface area contributed by atoms with Gasteiger partial charge in [-0.3, -0.25) is 9.78 Å². The lowest BCUT2D eigenvalue weighted by atomic mass is 9.85. The second-order valence-corrected chi connectivity index (χ2v) is 5.90. The van der Waals surface area contributed by atoms with Crippen molar-refractivity contribution in [2.24, 2.45) is 11.7 Å². The molecule has 0 spiro atoms. The molecule has 0 saturated heterocycles. The summed E-state index contributed by atoms with van der Waals surface area (Å²) in [5.41, 5.74) is 6.56. The largest absolute Gasteiger partial charge is 0.455 e. The Kier molecular flexibility index (Phi) is 8.69. The predicted octanol–water partition coefficient (Wildman–Crippen LogP) is 4.17. The van der Waals surface area contributed by atoms with E-state index in [2.05, 4.69) is 10.3 Å². The fourth-order valence-corrected chi connectivity index (χ4v) is 2.88. The number of benzene rings is 1. The molecule has 1 aliphatic rings. The molecule has 7 heteroatoms. The monoisotopic (exact) mass is 383 g/mol. The highest BCUT2D eigenvalue weighted by molar-refractivity contribution is 5.93. The van der Waals surface area contributed by atoms with Gasteiger partial charge in [-0.2, -0.15) is 0 Å². The smallest absolute Gasteiger partial charge is 0.227 e. The van der Waals surface area contributed by atoms with Crippen LogP contribution in [-0.2, 0) is 4.79 Å². The highest BCUT2D eigenvalue weighted by Gasteiger charge is 2.26. The molecule has 0 bridgehead atoms. The summed E-state index contributed by atoms with van der Waals surface area (Å²) < 4.78 is 5.84. The first kappa shape index (κ1) is 21.2. The van der Waals surface area contributed by atoms with E-state index in [0.717, 1.165) is 25.7 Å². The summed E-state index contributed by atoms with van der Waals surface area (Å²) in [5.74, 6) is 1.25. The molecule has 2 atom stereocenters. The van der Waals surface area contributed by atoms with E-state index in [1.54, 1.807) is 18.5 Å². The number of para-hydroxylation sites is 1. The summed E-state index contributed by atoms with van der Waals surface area (Å²) in [7, 11) is 0. The second kappa shape index (κ2) is 10.2. The van der Waals surface area contributed by atoms with Crippen LogP contribution in [0.3, 0.4) is 0 Å². The summed E-state index contributed by atoms with van der Waals surface area (Å²) in [4.78, 5) is 16.5. The predicted molar refractivity (Wildman–Crippen MR) is 104 cm³/mol. The van der Waals surface area contributed by atoms with E-state index < -0.39 is 0 Å². The summed E-state index contributed by atoms with van der Waals surface area (Å²) in [5, 5.41) is 2.94. The first-order valence-electron chi connectivity index (χ1n) is 7.96. The lowest BCUT2D eigenvalue weighted by molar-refractivity contribution is -0.120. The Bertz CT molecular complexity index is 670. The molecule has 1 aliphatic carbocycles. The van der Waals surface area contributed by atoms with Gasteiger partial charge in [-0.1, -0.05) is 24.6 Å². The van der Waals surface area contributed by atoms with Gasteiger partial charge in [0.05, 0.1) is 6.20 Å². The molecular weight excluding hydrogens is 361 g/mol. The zero-order chi connectivity index (χ0) is 16.1. The number of nitrogens with one attached hydrogen (secondary N) is 1. The van der Waals surface area contributed by atoms with Crippen LogP contribution < -0.4 is 15.8 Å². The Morgan fingerprint density at radius 1 is 1.16 bits per heavy atom. The molecule has 3 N–H and O–H groups in total. The Morgan fingerprint density at radius 3 is 2.64 bits per heavy atom. The van der Waals surface area contributed by atoms with Gasteiger partial charge in [-0.05, 0) is 31.4 Å². The highest BCUT2D eigenvalue weighted by Crippen LogP contribution is 2.30. The van der Waals surface area contributed by atoms with Crippen molar-refractivity contribution in [1.82, 2.24) is 4.98 Å². The van der Waals surface area contributed by atoms with E-state index >= 15 is 0 Å². The van der Waals surface area contributed by atoms with Crippen LogP contribution in [0.5, 0.6) is 11.5 Å². The highest BCUT2D eigenvalue weighted by atomic mass is 35.5. The minimum atomic E-state index is -0.0384. The van der Waals surface area contributed by atoms with Crippen LogP contribution in [-0.4, -0.2) is 16.9 Å². The van der Waals surface area contributed by atoms with Gasteiger partial charge in [-0.25, -0.2) is 0 Å². The number of amides is 1. The van der Waals surface area contributed by atoms with Gasteiger partial charge in [-0.15, -0.1) is 24.8 Å². The molecule has 0 radical (unpaired) electrons. The Morgan fingerprint density at radius 2 is 1.92 bits per heavy atom. The van der Waals surface area contributed by atoms with Crippen LogP contribution >= 0.6 is 24.8 Å². The van der Waals surface area contributed by atoms with Gasteiger partial charge < -0.3 is 15.8 Å². The van der Waals surface area contributed by atoms with Gasteiger partial charge in [0.25, 0.3) is 0 Å². The van der Waals surface area contributed by atoms with Crippen molar-refractivity contribution in [1.29, 1.82) is 0 Å². The van der Waals surface area contributed by atoms with E-state index in [4.69, 9.17) is 10.5 Å². The van der Waals surface area contributed by atoms with Crippen LogP contribution in [0, 0.1) is 5.92 Å². The average Bonchev–Trinajstić information content (AvgIpc) is 2.57. The average molecular weight is 384 g/mol. The van der Waals surface area contributed by atoms with E-state index in [9.17, 15) is 4.79 Å². The number of rotatable bonds is 4. The van der Waals surface area contributed by atoms with Gasteiger partial charge >= 0.3 is 0 Å². The summed E-state index contributed by atoms with van der Waals surface area (Å²) >= 11 is 0. The van der Waals surface area contributed by atoms with Crippen molar-refractivity contribution >= 4 is 36.4 Å². The summed E-state index contributed by atoms with van der Waals surface area (Å²) in [6.45, 7) is 0. The molecule has 0 aliphatic heterocycles. The third-order valence-corrected chi connectivity index (χ3v) is 4.10. The number of pyridine rings is 1. The topological polar surface area (TPSA) is 77.2 Å². The number of hydrogen-bond donors (Lipinski definition) is 2. The summed E-state index contributed by atoms with van der Waals surface area (Å²) in [6.07, 6.45) is 6.87. The normalized spacial score (nSPS) is 19.1. The molecule has 5 nitrogen and oxygen atoms in total. The number of ether oxygens (including phenoxy) is 1. The van der Waals surface area contributed by atoms with Crippen LogP contribution in [0.1, 0.15) is 25.7 Å². The first-order valence-corrected chi connectivity index (χ1v) is 7.96. The van der Waals surface area contributed by atoms with Crippen molar-refractivity contribution in [3.05, 3.63) is 48.8 Å².